The molecule has 0 amide bonds. The second-order valence-electron chi connectivity index (χ2n) is 4.06. The largest absolute Gasteiger partial charge is 0.283 e. The molecule has 72 valence electrons. The summed E-state index contributed by atoms with van der Waals surface area (Å²) >= 11 is 0. The fourth-order valence-corrected chi connectivity index (χ4v) is 2.36. The zero-order valence-corrected chi connectivity index (χ0v) is 8.58. The van der Waals surface area contributed by atoms with E-state index in [4.69, 9.17) is 9.98 Å². The molecule has 2 rings (SSSR count). The van der Waals surface area contributed by atoms with Crippen molar-refractivity contribution in [3.05, 3.63) is 0 Å². The van der Waals surface area contributed by atoms with Crippen LogP contribution in [0.3, 0.4) is 0 Å². The van der Waals surface area contributed by atoms with Gasteiger partial charge in [0.1, 0.15) is 0 Å². The molecule has 2 nitrogen and oxygen atoms in total. The van der Waals surface area contributed by atoms with Gasteiger partial charge in [0.05, 0.1) is 23.5 Å². The smallest absolute Gasteiger partial charge is 0.0727 e. The monoisotopic (exact) mass is 178 g/mol. The minimum absolute atomic E-state index is 0.518. The maximum Gasteiger partial charge on any atom is 0.0727 e. The first-order chi connectivity index (χ1) is 6.31. The Bertz CT molecular complexity index is 253. The van der Waals surface area contributed by atoms with Crippen LogP contribution in [0.25, 0.3) is 0 Å². The summed E-state index contributed by atoms with van der Waals surface area (Å²) in [5.41, 5.74) is 2.42. The van der Waals surface area contributed by atoms with E-state index in [2.05, 4.69) is 13.8 Å². The van der Waals surface area contributed by atoms with Gasteiger partial charge in [-0.25, -0.2) is 0 Å². The molecule has 2 unspecified atom stereocenters. The summed E-state index contributed by atoms with van der Waals surface area (Å²) in [5, 5.41) is 0. The van der Waals surface area contributed by atoms with Crippen molar-refractivity contribution in [2.75, 3.05) is 0 Å². The molecule has 1 heterocycles. The highest BCUT2D eigenvalue weighted by molar-refractivity contribution is 6.41. The van der Waals surface area contributed by atoms with Crippen LogP contribution in [0.2, 0.25) is 0 Å². The molecule has 1 aliphatic heterocycles. The van der Waals surface area contributed by atoms with Crippen LogP contribution >= 0.6 is 0 Å². The van der Waals surface area contributed by atoms with Gasteiger partial charge in [0.2, 0.25) is 0 Å². The van der Waals surface area contributed by atoms with E-state index >= 15 is 0 Å². The van der Waals surface area contributed by atoms with Gasteiger partial charge in [-0.3, -0.25) is 9.98 Å². The van der Waals surface area contributed by atoms with Crippen LogP contribution in [-0.4, -0.2) is 23.5 Å². The molecular weight excluding hydrogens is 160 g/mol. The van der Waals surface area contributed by atoms with Crippen molar-refractivity contribution in [3.8, 4) is 0 Å². The van der Waals surface area contributed by atoms with Gasteiger partial charge in [0.15, 0.2) is 0 Å². The van der Waals surface area contributed by atoms with E-state index in [-0.39, 0.29) is 0 Å². The first kappa shape index (κ1) is 8.92. The summed E-state index contributed by atoms with van der Waals surface area (Å²) in [6.45, 7) is 4.27. The Hall–Kier alpha value is -0.660. The summed E-state index contributed by atoms with van der Waals surface area (Å²) in [7, 11) is 0. The van der Waals surface area contributed by atoms with Gasteiger partial charge < -0.3 is 0 Å². The molecule has 0 radical (unpaired) electrons. The van der Waals surface area contributed by atoms with Crippen molar-refractivity contribution >= 4 is 11.4 Å². The van der Waals surface area contributed by atoms with Crippen molar-refractivity contribution in [3.63, 3.8) is 0 Å². The maximum absolute atomic E-state index is 4.79. The molecule has 0 aromatic heterocycles. The third-order valence-corrected chi connectivity index (χ3v) is 3.13. The van der Waals surface area contributed by atoms with Crippen LogP contribution in [0, 0.1) is 0 Å². The third-order valence-electron chi connectivity index (χ3n) is 3.13. The van der Waals surface area contributed by atoms with Crippen LogP contribution in [0.1, 0.15) is 46.0 Å². The second kappa shape index (κ2) is 3.60. The highest BCUT2D eigenvalue weighted by atomic mass is 15.0. The average molecular weight is 178 g/mol. The fraction of sp³-hybridized carbons (Fsp3) is 0.818. The number of aliphatic imine (C=N–C) groups is 2. The molecular formula is C11H18N2. The van der Waals surface area contributed by atoms with Crippen molar-refractivity contribution < 1.29 is 0 Å². The topological polar surface area (TPSA) is 24.7 Å². The molecule has 2 heteroatoms. The highest BCUT2D eigenvalue weighted by Gasteiger charge is 2.27. The lowest BCUT2D eigenvalue weighted by Crippen LogP contribution is -2.34. The molecule has 2 atom stereocenters. The van der Waals surface area contributed by atoms with E-state index in [1.165, 1.54) is 37.1 Å². The number of hydrogen-bond donors (Lipinski definition) is 0. The standard InChI is InChI=1S/C11H18N2/c1-3-9-8(2)12-10-6-4-5-7-11(10)13-9/h10-11H,3-7H2,1-2H3. The van der Waals surface area contributed by atoms with Crippen LogP contribution in [0.5, 0.6) is 0 Å². The Kier molecular flexibility index (Phi) is 2.47. The number of hydrogen-bond acceptors (Lipinski definition) is 2. The number of rotatable bonds is 1. The SMILES string of the molecule is CCC1=NC2CCCCC2N=C1C. The lowest BCUT2D eigenvalue weighted by atomic mass is 9.89. The Morgan fingerprint density at radius 2 is 1.77 bits per heavy atom. The predicted molar refractivity (Wildman–Crippen MR) is 56.9 cm³/mol. The highest BCUT2D eigenvalue weighted by Crippen LogP contribution is 2.26. The number of fused-ring (bicyclic) bond motifs is 1. The maximum atomic E-state index is 4.79. The molecule has 13 heavy (non-hydrogen) atoms. The summed E-state index contributed by atoms with van der Waals surface area (Å²) < 4.78 is 0. The first-order valence-corrected chi connectivity index (χ1v) is 5.42. The molecule has 0 spiro atoms. The minimum atomic E-state index is 0.518. The quantitative estimate of drug-likeness (QED) is 0.589. The molecule has 0 saturated heterocycles. The van der Waals surface area contributed by atoms with Gasteiger partial charge >= 0.3 is 0 Å². The Morgan fingerprint density at radius 1 is 1.15 bits per heavy atom. The summed E-state index contributed by atoms with van der Waals surface area (Å²) in [4.78, 5) is 9.53. The predicted octanol–water partition coefficient (Wildman–Crippen LogP) is 2.62. The van der Waals surface area contributed by atoms with Crippen LogP contribution in [0.15, 0.2) is 9.98 Å². The van der Waals surface area contributed by atoms with Gasteiger partial charge in [0, 0.05) is 0 Å². The zero-order valence-electron chi connectivity index (χ0n) is 8.58. The first-order valence-electron chi connectivity index (χ1n) is 5.42. The van der Waals surface area contributed by atoms with Crippen molar-refractivity contribution in [1.29, 1.82) is 0 Å². The third kappa shape index (κ3) is 1.67. The lowest BCUT2D eigenvalue weighted by Gasteiger charge is -2.30. The summed E-state index contributed by atoms with van der Waals surface area (Å²) in [5.74, 6) is 0. The van der Waals surface area contributed by atoms with E-state index in [1.54, 1.807) is 0 Å². The van der Waals surface area contributed by atoms with Crippen molar-refractivity contribution in [1.82, 2.24) is 0 Å². The van der Waals surface area contributed by atoms with Crippen LogP contribution < -0.4 is 0 Å². The number of nitrogens with zero attached hydrogens (tertiary/aromatic N) is 2. The van der Waals surface area contributed by atoms with Crippen molar-refractivity contribution in [2.24, 2.45) is 9.98 Å². The van der Waals surface area contributed by atoms with Gasteiger partial charge in [-0.2, -0.15) is 0 Å². The van der Waals surface area contributed by atoms with E-state index in [1.807, 2.05) is 0 Å². The fourth-order valence-electron chi connectivity index (χ4n) is 2.36. The van der Waals surface area contributed by atoms with Gasteiger partial charge in [-0.15, -0.1) is 0 Å². The van der Waals surface area contributed by atoms with Gasteiger partial charge in [-0.1, -0.05) is 19.8 Å². The summed E-state index contributed by atoms with van der Waals surface area (Å²) in [6.07, 6.45) is 6.23. The Balaban J connectivity index is 2.18. The summed E-state index contributed by atoms with van der Waals surface area (Å²) in [6, 6.07) is 1.04. The molecule has 1 saturated carbocycles. The Labute approximate surface area is 80.2 Å². The molecule has 0 aromatic rings. The van der Waals surface area contributed by atoms with Gasteiger partial charge in [0.25, 0.3) is 0 Å². The van der Waals surface area contributed by atoms with Crippen LogP contribution in [-0.2, 0) is 0 Å². The van der Waals surface area contributed by atoms with E-state index < -0.39 is 0 Å². The molecule has 2 aliphatic rings. The van der Waals surface area contributed by atoms with Gasteiger partial charge in [-0.05, 0) is 26.2 Å². The Morgan fingerprint density at radius 3 is 2.38 bits per heavy atom. The van der Waals surface area contributed by atoms with E-state index in [9.17, 15) is 0 Å². The van der Waals surface area contributed by atoms with E-state index in [0.29, 0.717) is 12.1 Å². The zero-order chi connectivity index (χ0) is 9.26. The normalized spacial score (nSPS) is 33.4. The second-order valence-corrected chi connectivity index (χ2v) is 4.06. The average Bonchev–Trinajstić information content (AvgIpc) is 2.17. The molecule has 1 fully saturated rings. The van der Waals surface area contributed by atoms with E-state index in [0.717, 1.165) is 6.42 Å². The molecule has 0 bridgehead atoms. The van der Waals surface area contributed by atoms with Crippen LogP contribution in [0.4, 0.5) is 0 Å². The molecule has 1 aliphatic carbocycles. The lowest BCUT2D eigenvalue weighted by molar-refractivity contribution is 0.385. The molecule has 0 aromatic carbocycles. The van der Waals surface area contributed by atoms with Crippen molar-refractivity contribution in [2.45, 2.75) is 58.0 Å². The molecule has 0 N–H and O–H groups in total. The minimum Gasteiger partial charge on any atom is -0.283 e.